The number of hydrogen-bond acceptors (Lipinski definition) is 3. The van der Waals surface area contributed by atoms with Crippen molar-refractivity contribution in [1.29, 1.82) is 0 Å². The van der Waals surface area contributed by atoms with Gasteiger partial charge in [0, 0.05) is 42.9 Å². The highest BCUT2D eigenvalue weighted by Gasteiger charge is 2.27. The second-order valence-corrected chi connectivity index (χ2v) is 7.26. The van der Waals surface area contributed by atoms with Crippen LogP contribution in [-0.2, 0) is 6.54 Å². The smallest absolute Gasteiger partial charge is 0.141 e. The second-order valence-electron chi connectivity index (χ2n) is 7.26. The van der Waals surface area contributed by atoms with E-state index in [-0.39, 0.29) is 0 Å². The van der Waals surface area contributed by atoms with Crippen LogP contribution in [0, 0.1) is 18.8 Å². The number of nitrogens with zero attached hydrogens (tertiary/aromatic N) is 4. The summed E-state index contributed by atoms with van der Waals surface area (Å²) in [5, 5.41) is 0. The minimum atomic E-state index is 0.772. The van der Waals surface area contributed by atoms with Crippen molar-refractivity contribution in [2.45, 2.75) is 39.2 Å². The summed E-state index contributed by atoms with van der Waals surface area (Å²) in [4.78, 5) is 11.5. The molecule has 4 nitrogen and oxygen atoms in total. The maximum Gasteiger partial charge on any atom is 0.141 e. The fourth-order valence-electron chi connectivity index (χ4n) is 3.69. The summed E-state index contributed by atoms with van der Waals surface area (Å²) in [6.07, 6.45) is 11.3. The van der Waals surface area contributed by atoms with E-state index in [0.717, 1.165) is 29.8 Å². The Labute approximate surface area is 138 Å². The number of piperidine rings is 1. The molecule has 0 amide bonds. The van der Waals surface area contributed by atoms with Crippen LogP contribution in [0.1, 0.15) is 31.4 Å². The van der Waals surface area contributed by atoms with Gasteiger partial charge in [0.05, 0.1) is 0 Å². The van der Waals surface area contributed by atoms with E-state index in [9.17, 15) is 0 Å². The lowest BCUT2D eigenvalue weighted by atomic mass is 9.96. The van der Waals surface area contributed by atoms with Gasteiger partial charge < -0.3 is 9.47 Å². The molecule has 0 atom stereocenters. The Morgan fingerprint density at radius 3 is 2.52 bits per heavy atom. The van der Waals surface area contributed by atoms with E-state index in [4.69, 9.17) is 0 Å². The third kappa shape index (κ3) is 3.47. The Morgan fingerprint density at radius 1 is 1.04 bits per heavy atom. The highest BCUT2D eigenvalue weighted by molar-refractivity contribution is 5.54. The quantitative estimate of drug-likeness (QED) is 0.849. The van der Waals surface area contributed by atoms with E-state index in [2.05, 4.69) is 32.4 Å². The molecular weight excluding hydrogens is 284 g/mol. The van der Waals surface area contributed by atoms with Gasteiger partial charge in [0.15, 0.2) is 0 Å². The topological polar surface area (TPSA) is 34.0 Å². The Bertz CT molecular complexity index is 637. The highest BCUT2D eigenvalue weighted by Crippen LogP contribution is 2.31. The van der Waals surface area contributed by atoms with Crippen molar-refractivity contribution in [3.8, 4) is 11.4 Å². The van der Waals surface area contributed by atoms with Crippen molar-refractivity contribution < 1.29 is 0 Å². The molecule has 0 aromatic carbocycles. The van der Waals surface area contributed by atoms with Crippen molar-refractivity contribution in [3.63, 3.8) is 0 Å². The standard InChI is InChI=1S/C19H26N4/c1-15-11-21-19(18-3-2-8-20-12-18)23(15)14-17-6-9-22(10-7-17)13-16-4-5-16/h2-3,8,11-12,16-17H,4-7,9-10,13-14H2,1H3. The van der Waals surface area contributed by atoms with Gasteiger partial charge in [-0.15, -0.1) is 0 Å². The minimum Gasteiger partial charge on any atom is -0.328 e. The molecule has 0 bridgehead atoms. The summed E-state index contributed by atoms with van der Waals surface area (Å²) in [5.41, 5.74) is 2.37. The monoisotopic (exact) mass is 310 g/mol. The van der Waals surface area contributed by atoms with Gasteiger partial charge in [0.25, 0.3) is 0 Å². The molecule has 1 saturated carbocycles. The Morgan fingerprint density at radius 2 is 1.83 bits per heavy atom. The number of hydrogen-bond donors (Lipinski definition) is 0. The molecule has 0 spiro atoms. The van der Waals surface area contributed by atoms with Gasteiger partial charge in [-0.25, -0.2) is 4.98 Å². The molecule has 1 saturated heterocycles. The molecule has 3 heterocycles. The van der Waals surface area contributed by atoms with E-state index in [1.165, 1.54) is 51.0 Å². The Kier molecular flexibility index (Phi) is 4.17. The summed E-state index contributed by atoms with van der Waals surface area (Å²) in [6, 6.07) is 4.09. The fraction of sp³-hybridized carbons (Fsp3) is 0.579. The fourth-order valence-corrected chi connectivity index (χ4v) is 3.69. The van der Waals surface area contributed by atoms with Crippen LogP contribution in [0.4, 0.5) is 0 Å². The SMILES string of the molecule is Cc1cnc(-c2cccnc2)n1CC1CCN(CC2CC2)CC1. The van der Waals surface area contributed by atoms with Gasteiger partial charge >= 0.3 is 0 Å². The normalized spacial score (nSPS) is 20.0. The van der Waals surface area contributed by atoms with Gasteiger partial charge in [-0.3, -0.25) is 4.98 Å². The van der Waals surface area contributed by atoms with Crippen LogP contribution in [0.25, 0.3) is 11.4 Å². The zero-order valence-corrected chi connectivity index (χ0v) is 14.0. The molecule has 4 rings (SSSR count). The molecular formula is C19H26N4. The van der Waals surface area contributed by atoms with Gasteiger partial charge in [0.1, 0.15) is 5.82 Å². The maximum atomic E-state index is 4.63. The summed E-state index contributed by atoms with van der Waals surface area (Å²) in [6.45, 7) is 7.15. The van der Waals surface area contributed by atoms with Gasteiger partial charge in [-0.2, -0.15) is 0 Å². The molecule has 1 aliphatic heterocycles. The molecule has 2 aliphatic rings. The number of pyridine rings is 1. The number of rotatable bonds is 5. The Balaban J connectivity index is 1.42. The van der Waals surface area contributed by atoms with Crippen molar-refractivity contribution in [2.75, 3.05) is 19.6 Å². The molecule has 0 unspecified atom stereocenters. The Hall–Kier alpha value is -1.68. The number of imidazole rings is 1. The highest BCUT2D eigenvalue weighted by atomic mass is 15.1. The van der Waals surface area contributed by atoms with E-state index < -0.39 is 0 Å². The van der Waals surface area contributed by atoms with Crippen LogP contribution in [-0.4, -0.2) is 39.1 Å². The molecule has 2 fully saturated rings. The third-order valence-electron chi connectivity index (χ3n) is 5.34. The molecule has 2 aromatic rings. The zero-order chi connectivity index (χ0) is 15.6. The van der Waals surface area contributed by atoms with Gasteiger partial charge in [0.2, 0.25) is 0 Å². The average molecular weight is 310 g/mol. The van der Waals surface area contributed by atoms with Crippen LogP contribution >= 0.6 is 0 Å². The number of aryl methyl sites for hydroxylation is 1. The lowest BCUT2D eigenvalue weighted by molar-refractivity contribution is 0.168. The predicted octanol–water partition coefficient (Wildman–Crippen LogP) is 3.38. The van der Waals surface area contributed by atoms with Crippen LogP contribution < -0.4 is 0 Å². The first kappa shape index (κ1) is 14.9. The first-order valence-electron chi connectivity index (χ1n) is 8.94. The molecule has 23 heavy (non-hydrogen) atoms. The molecule has 2 aromatic heterocycles. The minimum absolute atomic E-state index is 0.772. The molecule has 0 radical (unpaired) electrons. The summed E-state index contributed by atoms with van der Waals surface area (Å²) in [5.74, 6) is 2.85. The van der Waals surface area contributed by atoms with E-state index in [1.54, 1.807) is 0 Å². The van der Waals surface area contributed by atoms with E-state index in [1.807, 2.05) is 24.7 Å². The zero-order valence-electron chi connectivity index (χ0n) is 14.0. The average Bonchev–Trinajstić information content (AvgIpc) is 3.33. The molecule has 1 aliphatic carbocycles. The largest absolute Gasteiger partial charge is 0.328 e. The van der Waals surface area contributed by atoms with Crippen molar-refractivity contribution in [2.24, 2.45) is 11.8 Å². The lowest BCUT2D eigenvalue weighted by Gasteiger charge is -2.32. The van der Waals surface area contributed by atoms with Crippen molar-refractivity contribution in [1.82, 2.24) is 19.4 Å². The third-order valence-corrected chi connectivity index (χ3v) is 5.34. The first-order chi connectivity index (χ1) is 11.3. The second kappa shape index (κ2) is 6.44. The lowest BCUT2D eigenvalue weighted by Crippen LogP contribution is -2.36. The van der Waals surface area contributed by atoms with E-state index in [0.29, 0.717) is 0 Å². The molecule has 122 valence electrons. The van der Waals surface area contributed by atoms with Crippen LogP contribution in [0.2, 0.25) is 0 Å². The van der Waals surface area contributed by atoms with Crippen molar-refractivity contribution in [3.05, 3.63) is 36.4 Å². The first-order valence-corrected chi connectivity index (χ1v) is 8.94. The molecule has 0 N–H and O–H groups in total. The van der Waals surface area contributed by atoms with Crippen LogP contribution in [0.3, 0.4) is 0 Å². The summed E-state index contributed by atoms with van der Waals surface area (Å²) >= 11 is 0. The predicted molar refractivity (Wildman–Crippen MR) is 92.1 cm³/mol. The summed E-state index contributed by atoms with van der Waals surface area (Å²) < 4.78 is 2.39. The summed E-state index contributed by atoms with van der Waals surface area (Å²) in [7, 11) is 0. The van der Waals surface area contributed by atoms with Crippen molar-refractivity contribution >= 4 is 0 Å². The number of aromatic nitrogens is 3. The number of likely N-dealkylation sites (tertiary alicyclic amines) is 1. The van der Waals surface area contributed by atoms with E-state index >= 15 is 0 Å². The van der Waals surface area contributed by atoms with Crippen LogP contribution in [0.5, 0.6) is 0 Å². The molecule has 4 heteroatoms. The van der Waals surface area contributed by atoms with Gasteiger partial charge in [-0.05, 0) is 69.7 Å². The maximum absolute atomic E-state index is 4.63. The van der Waals surface area contributed by atoms with Crippen LogP contribution in [0.15, 0.2) is 30.7 Å². The van der Waals surface area contributed by atoms with Gasteiger partial charge in [-0.1, -0.05) is 0 Å².